The van der Waals surface area contributed by atoms with Crippen molar-refractivity contribution >= 4 is 17.4 Å². The van der Waals surface area contributed by atoms with E-state index in [0.717, 1.165) is 0 Å². The lowest BCUT2D eigenvalue weighted by Crippen LogP contribution is -2.12. The lowest BCUT2D eigenvalue weighted by Gasteiger charge is -2.04. The first-order valence-electron chi connectivity index (χ1n) is 6.61. The van der Waals surface area contributed by atoms with Crippen LogP contribution in [-0.2, 0) is 11.2 Å². The van der Waals surface area contributed by atoms with Crippen LogP contribution in [-0.4, -0.2) is 11.7 Å². The first-order chi connectivity index (χ1) is 9.95. The van der Waals surface area contributed by atoms with Gasteiger partial charge >= 0.3 is 0 Å². The quantitative estimate of drug-likeness (QED) is 0.857. The lowest BCUT2D eigenvalue weighted by atomic mass is 10.1. The fourth-order valence-corrected chi connectivity index (χ4v) is 2.01. The van der Waals surface area contributed by atoms with Crippen LogP contribution in [0.2, 0.25) is 0 Å². The highest BCUT2D eigenvalue weighted by molar-refractivity contribution is 5.95. The van der Waals surface area contributed by atoms with E-state index < -0.39 is 0 Å². The van der Waals surface area contributed by atoms with E-state index >= 15 is 0 Å². The first-order valence-corrected chi connectivity index (χ1v) is 6.61. The zero-order valence-electron chi connectivity index (χ0n) is 11.9. The number of aryl methyl sites for hydroxylation is 2. The van der Waals surface area contributed by atoms with Crippen molar-refractivity contribution in [2.24, 2.45) is 0 Å². The minimum atomic E-state index is -0.351. The Morgan fingerprint density at radius 2 is 1.90 bits per heavy atom. The van der Waals surface area contributed by atoms with Crippen molar-refractivity contribution in [3.05, 3.63) is 53.2 Å². The maximum atomic E-state index is 12.7. The Labute approximate surface area is 122 Å². The molecule has 1 amide bonds. The summed E-state index contributed by atoms with van der Waals surface area (Å²) in [5, 5.41) is 2.67. The molecule has 0 saturated heterocycles. The van der Waals surface area contributed by atoms with Gasteiger partial charge in [0.1, 0.15) is 17.3 Å². The van der Waals surface area contributed by atoms with Gasteiger partial charge in [-0.25, -0.2) is 4.39 Å². The Morgan fingerprint density at radius 3 is 2.48 bits per heavy atom. The zero-order chi connectivity index (χ0) is 15.4. The minimum Gasteiger partial charge on any atom is -0.466 e. The Bertz CT molecular complexity index is 659. The standard InChI is InChI=1S/C16H16FNO3/c1-10(19)15-9-14(21-11(15)2)7-8-16(20)18-13-5-3-12(17)4-6-13/h3-6,9H,7-8H2,1-2H3,(H,18,20). The molecule has 1 aromatic carbocycles. The monoisotopic (exact) mass is 289 g/mol. The van der Waals surface area contributed by atoms with Gasteiger partial charge in [-0.3, -0.25) is 9.59 Å². The fourth-order valence-electron chi connectivity index (χ4n) is 2.01. The van der Waals surface area contributed by atoms with Crippen molar-refractivity contribution in [3.63, 3.8) is 0 Å². The number of halogens is 1. The van der Waals surface area contributed by atoms with E-state index in [9.17, 15) is 14.0 Å². The second kappa shape index (κ2) is 6.35. The molecule has 0 atom stereocenters. The molecule has 2 aromatic rings. The highest BCUT2D eigenvalue weighted by Crippen LogP contribution is 2.17. The van der Waals surface area contributed by atoms with Crippen molar-refractivity contribution in [3.8, 4) is 0 Å². The molecule has 4 nitrogen and oxygen atoms in total. The third-order valence-corrected chi connectivity index (χ3v) is 3.07. The fraction of sp³-hybridized carbons (Fsp3) is 0.250. The predicted molar refractivity (Wildman–Crippen MR) is 76.8 cm³/mol. The average molecular weight is 289 g/mol. The SMILES string of the molecule is CC(=O)c1cc(CCC(=O)Nc2ccc(F)cc2)oc1C. The Hall–Kier alpha value is -2.43. The number of anilines is 1. The molecule has 0 bridgehead atoms. The second-order valence-corrected chi connectivity index (χ2v) is 4.79. The predicted octanol–water partition coefficient (Wildman–Crippen LogP) is 3.50. The van der Waals surface area contributed by atoms with E-state index in [4.69, 9.17) is 4.42 Å². The number of carbonyl (C=O) groups excluding carboxylic acids is 2. The average Bonchev–Trinajstić information content (AvgIpc) is 2.81. The molecule has 0 saturated carbocycles. The van der Waals surface area contributed by atoms with Crippen LogP contribution < -0.4 is 5.32 Å². The van der Waals surface area contributed by atoms with Gasteiger partial charge in [-0.15, -0.1) is 0 Å². The second-order valence-electron chi connectivity index (χ2n) is 4.79. The largest absolute Gasteiger partial charge is 0.466 e. The molecule has 1 aromatic heterocycles. The van der Waals surface area contributed by atoms with Crippen molar-refractivity contribution < 1.29 is 18.4 Å². The van der Waals surface area contributed by atoms with Crippen LogP contribution in [0.3, 0.4) is 0 Å². The molecule has 2 rings (SSSR count). The molecule has 21 heavy (non-hydrogen) atoms. The van der Waals surface area contributed by atoms with E-state index in [1.807, 2.05) is 0 Å². The van der Waals surface area contributed by atoms with E-state index in [1.54, 1.807) is 13.0 Å². The zero-order valence-corrected chi connectivity index (χ0v) is 11.9. The van der Waals surface area contributed by atoms with Gasteiger partial charge < -0.3 is 9.73 Å². The number of nitrogens with one attached hydrogen (secondary N) is 1. The summed E-state index contributed by atoms with van der Waals surface area (Å²) in [6, 6.07) is 7.23. The maximum Gasteiger partial charge on any atom is 0.224 e. The number of furan rings is 1. The number of hydrogen-bond donors (Lipinski definition) is 1. The lowest BCUT2D eigenvalue weighted by molar-refractivity contribution is -0.116. The molecule has 0 aliphatic rings. The number of carbonyl (C=O) groups is 2. The molecule has 0 aliphatic carbocycles. The summed E-state index contributed by atoms with van der Waals surface area (Å²) in [5.41, 5.74) is 1.09. The van der Waals surface area contributed by atoms with Gasteiger partial charge in [0.15, 0.2) is 5.78 Å². The molecule has 0 radical (unpaired) electrons. The number of ketones is 1. The third kappa shape index (κ3) is 4.02. The number of hydrogen-bond acceptors (Lipinski definition) is 3. The molecule has 110 valence electrons. The summed E-state index contributed by atoms with van der Waals surface area (Å²) in [5.74, 6) is 0.567. The molecule has 0 spiro atoms. The Morgan fingerprint density at radius 1 is 1.24 bits per heavy atom. The van der Waals surface area contributed by atoms with Gasteiger partial charge in [-0.2, -0.15) is 0 Å². The van der Waals surface area contributed by atoms with Gasteiger partial charge in [0, 0.05) is 18.5 Å². The van der Waals surface area contributed by atoms with Gasteiger partial charge in [-0.05, 0) is 44.2 Å². The van der Waals surface area contributed by atoms with Gasteiger partial charge in [0.2, 0.25) is 5.91 Å². The molecular weight excluding hydrogens is 273 g/mol. The number of Topliss-reactive ketones (excluding diaryl/α,β-unsaturated/α-hetero) is 1. The molecule has 1 heterocycles. The summed E-state index contributed by atoms with van der Waals surface area (Å²) >= 11 is 0. The molecule has 0 unspecified atom stereocenters. The summed E-state index contributed by atoms with van der Waals surface area (Å²) in [6.07, 6.45) is 0.628. The summed E-state index contributed by atoms with van der Waals surface area (Å²) in [6.45, 7) is 3.20. The highest BCUT2D eigenvalue weighted by Gasteiger charge is 2.12. The van der Waals surface area contributed by atoms with Crippen molar-refractivity contribution in [1.29, 1.82) is 0 Å². The molecule has 0 fully saturated rings. The van der Waals surface area contributed by atoms with E-state index in [0.29, 0.717) is 29.2 Å². The van der Waals surface area contributed by atoms with E-state index in [1.165, 1.54) is 31.2 Å². The summed E-state index contributed by atoms with van der Waals surface area (Å²) < 4.78 is 18.2. The Kier molecular flexibility index (Phi) is 4.52. The maximum absolute atomic E-state index is 12.7. The first kappa shape index (κ1) is 15.0. The van der Waals surface area contributed by atoms with E-state index in [-0.39, 0.29) is 23.9 Å². The molecule has 5 heteroatoms. The van der Waals surface area contributed by atoms with Crippen LogP contribution in [0.5, 0.6) is 0 Å². The van der Waals surface area contributed by atoms with Crippen LogP contribution in [0.25, 0.3) is 0 Å². The van der Waals surface area contributed by atoms with Crippen molar-refractivity contribution in [2.45, 2.75) is 26.7 Å². The Balaban J connectivity index is 1.90. The third-order valence-electron chi connectivity index (χ3n) is 3.07. The van der Waals surface area contributed by atoms with Crippen molar-refractivity contribution in [1.82, 2.24) is 0 Å². The number of benzene rings is 1. The van der Waals surface area contributed by atoms with Crippen molar-refractivity contribution in [2.75, 3.05) is 5.32 Å². The van der Waals surface area contributed by atoms with Gasteiger partial charge in [0.05, 0.1) is 5.56 Å². The van der Waals surface area contributed by atoms with Crippen LogP contribution in [0, 0.1) is 12.7 Å². The minimum absolute atomic E-state index is 0.0572. The molecule has 1 N–H and O–H groups in total. The number of amides is 1. The molecular formula is C16H16FNO3. The topological polar surface area (TPSA) is 59.3 Å². The molecule has 0 aliphatic heterocycles. The summed E-state index contributed by atoms with van der Waals surface area (Å²) in [7, 11) is 0. The summed E-state index contributed by atoms with van der Waals surface area (Å²) in [4.78, 5) is 23.1. The van der Waals surface area contributed by atoms with Gasteiger partial charge in [-0.1, -0.05) is 0 Å². The number of rotatable bonds is 5. The van der Waals surface area contributed by atoms with Crippen LogP contribution >= 0.6 is 0 Å². The van der Waals surface area contributed by atoms with Crippen LogP contribution in [0.4, 0.5) is 10.1 Å². The van der Waals surface area contributed by atoms with E-state index in [2.05, 4.69) is 5.32 Å². The normalized spacial score (nSPS) is 10.4. The highest BCUT2D eigenvalue weighted by atomic mass is 19.1. The van der Waals surface area contributed by atoms with Gasteiger partial charge in [0.25, 0.3) is 0 Å². The van der Waals surface area contributed by atoms with Crippen LogP contribution in [0.1, 0.15) is 35.2 Å². The van der Waals surface area contributed by atoms with Crippen LogP contribution in [0.15, 0.2) is 34.7 Å². The smallest absolute Gasteiger partial charge is 0.224 e.